The van der Waals surface area contributed by atoms with E-state index in [1.54, 1.807) is 0 Å². The van der Waals surface area contributed by atoms with Crippen molar-refractivity contribution in [2.75, 3.05) is 7.11 Å². The maximum atomic E-state index is 11.7. The van der Waals surface area contributed by atoms with Gasteiger partial charge in [-0.1, -0.05) is 20.8 Å². The molecule has 0 bridgehead atoms. The fourth-order valence-electron chi connectivity index (χ4n) is 8.93. The topological polar surface area (TPSA) is 107 Å². The van der Waals surface area contributed by atoms with Gasteiger partial charge in [0.1, 0.15) is 0 Å². The van der Waals surface area contributed by atoms with Crippen LogP contribution in [-0.4, -0.2) is 57.9 Å². The van der Waals surface area contributed by atoms with Crippen LogP contribution >= 0.6 is 0 Å². The second-order valence-electron chi connectivity index (χ2n) is 11.8. The van der Waals surface area contributed by atoms with E-state index in [0.29, 0.717) is 24.7 Å². The molecule has 178 valence electrons. The maximum Gasteiger partial charge on any atom is 0.334 e. The first-order valence-electron chi connectivity index (χ1n) is 12.3. The summed E-state index contributed by atoms with van der Waals surface area (Å²) < 4.78 is 4.69. The van der Waals surface area contributed by atoms with Crippen molar-refractivity contribution in [3.05, 3.63) is 0 Å². The molecule has 4 saturated carbocycles. The van der Waals surface area contributed by atoms with Crippen molar-refractivity contribution < 1.29 is 30.0 Å². The van der Waals surface area contributed by atoms with Gasteiger partial charge in [-0.3, -0.25) is 0 Å². The Balaban J connectivity index is 1.58. The van der Waals surface area contributed by atoms with E-state index in [1.807, 2.05) is 0 Å². The van der Waals surface area contributed by atoms with Crippen LogP contribution < -0.4 is 0 Å². The Morgan fingerprint density at radius 2 is 1.71 bits per heavy atom. The summed E-state index contributed by atoms with van der Waals surface area (Å²) >= 11 is 0. The Bertz CT molecular complexity index is 683. The lowest BCUT2D eigenvalue weighted by Crippen LogP contribution is -2.60. The van der Waals surface area contributed by atoms with Gasteiger partial charge in [0, 0.05) is 0 Å². The zero-order valence-corrected chi connectivity index (χ0v) is 19.5. The molecule has 0 aromatic rings. The lowest BCUT2D eigenvalue weighted by molar-refractivity contribution is -0.185. The van der Waals surface area contributed by atoms with E-state index in [-0.39, 0.29) is 40.6 Å². The molecule has 6 nitrogen and oxygen atoms in total. The van der Waals surface area contributed by atoms with Crippen LogP contribution in [-0.2, 0) is 9.53 Å². The van der Waals surface area contributed by atoms with Crippen LogP contribution in [0.2, 0.25) is 0 Å². The van der Waals surface area contributed by atoms with Crippen LogP contribution in [0, 0.1) is 46.3 Å². The van der Waals surface area contributed by atoms with E-state index in [1.165, 1.54) is 7.11 Å². The summed E-state index contributed by atoms with van der Waals surface area (Å²) in [5, 5.41) is 43.0. The number of carbonyl (C=O) groups excluding carboxylic acids is 1. The molecule has 4 aliphatic carbocycles. The van der Waals surface area contributed by atoms with Crippen molar-refractivity contribution in [2.45, 2.75) is 96.6 Å². The molecular formula is C25H42O6. The molecule has 6 heteroatoms. The van der Waals surface area contributed by atoms with Crippen molar-refractivity contribution in [1.29, 1.82) is 0 Å². The molecule has 0 aromatic carbocycles. The molecule has 0 aromatic heterocycles. The third-order valence-electron chi connectivity index (χ3n) is 10.5. The summed E-state index contributed by atoms with van der Waals surface area (Å²) in [5.74, 6) is 0.498. The molecule has 0 amide bonds. The average Bonchev–Trinajstić information content (AvgIpc) is 2.99. The lowest BCUT2D eigenvalue weighted by atomic mass is 9.43. The molecule has 12 atom stereocenters. The molecule has 0 radical (unpaired) electrons. The summed E-state index contributed by atoms with van der Waals surface area (Å²) in [6, 6.07) is 0. The molecule has 4 fully saturated rings. The first-order valence-corrected chi connectivity index (χ1v) is 12.3. The number of hydrogen-bond acceptors (Lipinski definition) is 6. The van der Waals surface area contributed by atoms with Gasteiger partial charge in [0.05, 0.1) is 25.4 Å². The summed E-state index contributed by atoms with van der Waals surface area (Å²) in [5.41, 5.74) is 0.00313. The van der Waals surface area contributed by atoms with Crippen molar-refractivity contribution in [2.24, 2.45) is 46.3 Å². The number of aliphatic hydroxyl groups excluding tert-OH is 4. The van der Waals surface area contributed by atoms with Crippen molar-refractivity contribution in [1.82, 2.24) is 0 Å². The quantitative estimate of drug-likeness (QED) is 0.503. The first-order chi connectivity index (χ1) is 14.5. The fourth-order valence-corrected chi connectivity index (χ4v) is 8.93. The molecule has 0 heterocycles. The largest absolute Gasteiger partial charge is 0.467 e. The number of rotatable bonds is 4. The van der Waals surface area contributed by atoms with Gasteiger partial charge < -0.3 is 25.2 Å². The smallest absolute Gasteiger partial charge is 0.334 e. The van der Waals surface area contributed by atoms with Gasteiger partial charge in [-0.15, -0.1) is 0 Å². The highest BCUT2D eigenvalue weighted by Crippen LogP contribution is 2.68. The number of esters is 1. The van der Waals surface area contributed by atoms with E-state index in [2.05, 4.69) is 20.8 Å². The molecule has 4 rings (SSSR count). The van der Waals surface area contributed by atoms with Gasteiger partial charge in [-0.05, 0) is 97.7 Å². The van der Waals surface area contributed by atoms with E-state index in [4.69, 9.17) is 4.74 Å². The van der Waals surface area contributed by atoms with Crippen LogP contribution in [0.3, 0.4) is 0 Å². The normalized spacial score (nSPS) is 51.2. The molecule has 0 unspecified atom stereocenters. The highest BCUT2D eigenvalue weighted by Gasteiger charge is 2.65. The maximum absolute atomic E-state index is 11.7. The van der Waals surface area contributed by atoms with Crippen LogP contribution in [0.1, 0.15) is 72.1 Å². The second-order valence-corrected chi connectivity index (χ2v) is 11.8. The molecule has 4 aliphatic rings. The van der Waals surface area contributed by atoms with E-state index >= 15 is 0 Å². The number of ether oxygens (including phenoxy) is 1. The van der Waals surface area contributed by atoms with Crippen molar-refractivity contribution in [3.8, 4) is 0 Å². The Hall–Kier alpha value is -0.690. The van der Waals surface area contributed by atoms with Gasteiger partial charge in [0.2, 0.25) is 0 Å². The number of methoxy groups -OCH3 is 1. The number of carbonyl (C=O) groups is 1. The average molecular weight is 439 g/mol. The predicted molar refractivity (Wildman–Crippen MR) is 116 cm³/mol. The molecule has 4 N–H and O–H groups in total. The highest BCUT2D eigenvalue weighted by atomic mass is 16.5. The van der Waals surface area contributed by atoms with Gasteiger partial charge >= 0.3 is 5.97 Å². The lowest BCUT2D eigenvalue weighted by Gasteiger charge is -2.62. The minimum atomic E-state index is -1.13. The monoisotopic (exact) mass is 438 g/mol. The number of hydrogen-bond donors (Lipinski definition) is 4. The van der Waals surface area contributed by atoms with Gasteiger partial charge in [0.15, 0.2) is 6.10 Å². The minimum absolute atomic E-state index is 0.0357. The Morgan fingerprint density at radius 1 is 1.03 bits per heavy atom. The zero-order chi connectivity index (χ0) is 22.7. The third kappa shape index (κ3) is 3.66. The summed E-state index contributed by atoms with van der Waals surface area (Å²) in [7, 11) is 1.29. The van der Waals surface area contributed by atoms with E-state index < -0.39 is 24.3 Å². The first kappa shape index (κ1) is 23.5. The SMILES string of the molecule is COC(=O)[C@H](O)C[C@@H](C)[C@H]1C[C@H](O)[C@H]2[C@@H]3[C@H](O)C[C@@H]4C[C@H](O)CC[C@]4(C)[C@H]3CC[C@@]21C. The molecule has 0 spiro atoms. The third-order valence-corrected chi connectivity index (χ3v) is 10.5. The van der Waals surface area contributed by atoms with Crippen molar-refractivity contribution in [3.63, 3.8) is 0 Å². The summed E-state index contributed by atoms with van der Waals surface area (Å²) in [6.07, 6.45) is 4.06. The van der Waals surface area contributed by atoms with Crippen LogP contribution in [0.4, 0.5) is 0 Å². The van der Waals surface area contributed by atoms with Crippen LogP contribution in [0.5, 0.6) is 0 Å². The van der Waals surface area contributed by atoms with E-state index in [0.717, 1.165) is 38.5 Å². The highest BCUT2D eigenvalue weighted by molar-refractivity contribution is 5.74. The zero-order valence-electron chi connectivity index (χ0n) is 19.5. The second kappa shape index (κ2) is 8.27. The Kier molecular flexibility index (Phi) is 6.26. The fraction of sp³-hybridized carbons (Fsp3) is 0.960. The minimum Gasteiger partial charge on any atom is -0.467 e. The standard InChI is InChI=1S/C25H42O6/c1-13(9-20(29)23(30)31-4)17-12-19(28)22-21-16(6-8-25(17,22)3)24(2)7-5-15(26)10-14(24)11-18(21)27/h13-22,26-29H,5-12H2,1-4H3/t13-,14+,15-,16+,17-,18-,19+,20-,21+,22+,24+,25-/m1/s1. The van der Waals surface area contributed by atoms with Crippen molar-refractivity contribution >= 4 is 5.97 Å². The molecule has 0 aliphatic heterocycles. The van der Waals surface area contributed by atoms with Crippen LogP contribution in [0.15, 0.2) is 0 Å². The van der Waals surface area contributed by atoms with Gasteiger partial charge in [-0.2, -0.15) is 0 Å². The summed E-state index contributed by atoms with van der Waals surface area (Å²) in [6.45, 7) is 6.70. The van der Waals surface area contributed by atoms with Crippen LogP contribution in [0.25, 0.3) is 0 Å². The van der Waals surface area contributed by atoms with Gasteiger partial charge in [0.25, 0.3) is 0 Å². The van der Waals surface area contributed by atoms with Gasteiger partial charge in [-0.25, -0.2) is 4.79 Å². The van der Waals surface area contributed by atoms with E-state index in [9.17, 15) is 25.2 Å². The summed E-state index contributed by atoms with van der Waals surface area (Å²) in [4.78, 5) is 11.7. The number of fused-ring (bicyclic) bond motifs is 5. The Labute approximate surface area is 186 Å². The molecular weight excluding hydrogens is 396 g/mol. The predicted octanol–water partition coefficient (Wildman–Crippen LogP) is 2.51. The molecule has 31 heavy (non-hydrogen) atoms. The Morgan fingerprint density at radius 3 is 2.39 bits per heavy atom. The molecule has 0 saturated heterocycles. The number of aliphatic hydroxyl groups is 4.